The highest BCUT2D eigenvalue weighted by Crippen LogP contribution is 2.21. The molecule has 6 heteroatoms. The van der Waals surface area contributed by atoms with Gasteiger partial charge in [-0.2, -0.15) is 5.10 Å². The summed E-state index contributed by atoms with van der Waals surface area (Å²) in [4.78, 5) is 23.9. The van der Waals surface area contributed by atoms with Gasteiger partial charge in [0.2, 0.25) is 0 Å². The van der Waals surface area contributed by atoms with E-state index in [1.54, 1.807) is 12.1 Å². The van der Waals surface area contributed by atoms with Crippen molar-refractivity contribution in [3.8, 4) is 5.75 Å². The molecule has 0 aliphatic heterocycles. The van der Waals surface area contributed by atoms with Crippen LogP contribution >= 0.6 is 0 Å². The van der Waals surface area contributed by atoms with Gasteiger partial charge < -0.3 is 10.1 Å². The topological polar surface area (TPSA) is 79.8 Å². The Balaban J connectivity index is 1.28. The summed E-state index contributed by atoms with van der Waals surface area (Å²) in [5, 5.41) is 8.72. The molecule has 6 nitrogen and oxygen atoms in total. The number of benzene rings is 4. The number of hydrogen-bond acceptors (Lipinski definition) is 4. The van der Waals surface area contributed by atoms with E-state index in [-0.39, 0.29) is 0 Å². The maximum absolute atomic E-state index is 11.9. The molecule has 0 saturated carbocycles. The molecule has 4 aromatic carbocycles. The van der Waals surface area contributed by atoms with Crippen LogP contribution in [-0.2, 0) is 16.2 Å². The predicted octanol–water partition coefficient (Wildman–Crippen LogP) is 4.82. The van der Waals surface area contributed by atoms with Crippen molar-refractivity contribution < 1.29 is 14.3 Å². The molecule has 0 fully saturated rings. The third kappa shape index (κ3) is 5.83. The molecule has 0 spiro atoms. The van der Waals surface area contributed by atoms with Crippen molar-refractivity contribution in [2.45, 2.75) is 13.5 Å². The Morgan fingerprint density at radius 2 is 1.58 bits per heavy atom. The monoisotopic (exact) mass is 437 g/mol. The zero-order chi connectivity index (χ0) is 23.0. The summed E-state index contributed by atoms with van der Waals surface area (Å²) in [5.74, 6) is -0.906. The van der Waals surface area contributed by atoms with Crippen LogP contribution in [0.5, 0.6) is 5.75 Å². The smallest absolute Gasteiger partial charge is 0.329 e. The van der Waals surface area contributed by atoms with Crippen LogP contribution in [0.2, 0.25) is 0 Å². The summed E-state index contributed by atoms with van der Waals surface area (Å²) < 4.78 is 5.93. The van der Waals surface area contributed by atoms with Gasteiger partial charge in [0.25, 0.3) is 0 Å². The molecule has 0 aliphatic rings. The molecule has 0 saturated heterocycles. The molecule has 164 valence electrons. The zero-order valence-electron chi connectivity index (χ0n) is 18.1. The number of amides is 2. The number of fused-ring (bicyclic) bond motifs is 1. The summed E-state index contributed by atoms with van der Waals surface area (Å²) in [6, 6.07) is 28.8. The lowest BCUT2D eigenvalue weighted by Gasteiger charge is -2.09. The van der Waals surface area contributed by atoms with Crippen molar-refractivity contribution in [3.05, 3.63) is 108 Å². The first-order valence-corrected chi connectivity index (χ1v) is 10.5. The summed E-state index contributed by atoms with van der Waals surface area (Å²) in [5.41, 5.74) is 5.71. The van der Waals surface area contributed by atoms with Crippen LogP contribution < -0.4 is 15.5 Å². The maximum Gasteiger partial charge on any atom is 0.329 e. The number of nitrogens with one attached hydrogen (secondary N) is 2. The van der Waals surface area contributed by atoms with Gasteiger partial charge in [-0.1, -0.05) is 60.2 Å². The average Bonchev–Trinajstić information content (AvgIpc) is 2.85. The molecule has 0 unspecified atom stereocenters. The molecule has 0 aromatic heterocycles. The van der Waals surface area contributed by atoms with E-state index in [2.05, 4.69) is 40.1 Å². The van der Waals surface area contributed by atoms with Gasteiger partial charge >= 0.3 is 11.8 Å². The fourth-order valence-electron chi connectivity index (χ4n) is 3.27. The molecule has 0 bridgehead atoms. The number of ether oxygens (including phenoxy) is 1. The maximum atomic E-state index is 11.9. The van der Waals surface area contributed by atoms with Gasteiger partial charge in [0.1, 0.15) is 12.4 Å². The number of rotatable bonds is 6. The minimum atomic E-state index is -0.845. The average molecular weight is 437 g/mol. The second-order valence-corrected chi connectivity index (χ2v) is 7.52. The Bertz CT molecular complexity index is 1290. The van der Waals surface area contributed by atoms with Gasteiger partial charge in [-0.15, -0.1) is 0 Å². The molecular formula is C27H23N3O3. The Labute approximate surface area is 191 Å². The molecule has 4 rings (SSSR count). The fourth-order valence-corrected chi connectivity index (χ4v) is 3.27. The highest BCUT2D eigenvalue weighted by atomic mass is 16.5. The Hall–Kier alpha value is -4.45. The van der Waals surface area contributed by atoms with Gasteiger partial charge in [-0.3, -0.25) is 9.59 Å². The van der Waals surface area contributed by atoms with Gasteiger partial charge in [0, 0.05) is 5.69 Å². The second-order valence-electron chi connectivity index (χ2n) is 7.52. The third-order valence-electron chi connectivity index (χ3n) is 5.05. The molecular weight excluding hydrogens is 414 g/mol. The van der Waals surface area contributed by atoms with Crippen LogP contribution in [-0.4, -0.2) is 18.0 Å². The largest absolute Gasteiger partial charge is 0.489 e. The molecule has 0 heterocycles. The van der Waals surface area contributed by atoms with Crippen molar-refractivity contribution in [1.29, 1.82) is 0 Å². The standard InChI is InChI=1S/C27H23N3O3/c1-19-9-13-23(14-10-19)29-26(31)27(32)30-28-17-20-11-15-24(16-12-20)33-18-22-7-4-6-21-5-2-3-8-25(21)22/h2-17H,18H2,1H3,(H,29,31)(H,30,32)/b28-17+. The molecule has 2 amide bonds. The van der Waals surface area contributed by atoms with E-state index in [1.807, 2.05) is 61.5 Å². The lowest BCUT2D eigenvalue weighted by molar-refractivity contribution is -0.136. The van der Waals surface area contributed by atoms with E-state index in [4.69, 9.17) is 4.74 Å². The van der Waals surface area contributed by atoms with Crippen LogP contribution in [0.25, 0.3) is 10.8 Å². The highest BCUT2D eigenvalue weighted by Gasteiger charge is 2.12. The van der Waals surface area contributed by atoms with E-state index in [0.29, 0.717) is 12.3 Å². The Morgan fingerprint density at radius 1 is 0.848 bits per heavy atom. The van der Waals surface area contributed by atoms with Crippen LogP contribution in [0.15, 0.2) is 96.1 Å². The molecule has 4 aromatic rings. The van der Waals surface area contributed by atoms with Crippen LogP contribution in [0, 0.1) is 6.92 Å². The number of nitrogens with zero attached hydrogens (tertiary/aromatic N) is 1. The SMILES string of the molecule is Cc1ccc(NC(=O)C(=O)N/N=C/c2ccc(OCc3cccc4ccccc34)cc2)cc1. The first kappa shape index (κ1) is 21.8. The number of aryl methyl sites for hydroxylation is 1. The van der Waals surface area contributed by atoms with Gasteiger partial charge in [-0.25, -0.2) is 5.43 Å². The van der Waals surface area contributed by atoms with Crippen LogP contribution in [0.3, 0.4) is 0 Å². The van der Waals surface area contributed by atoms with E-state index in [1.165, 1.54) is 17.0 Å². The quantitative estimate of drug-likeness (QED) is 0.258. The minimum absolute atomic E-state index is 0.459. The van der Waals surface area contributed by atoms with Crippen molar-refractivity contribution in [3.63, 3.8) is 0 Å². The van der Waals surface area contributed by atoms with E-state index in [9.17, 15) is 9.59 Å². The first-order chi connectivity index (χ1) is 16.1. The third-order valence-corrected chi connectivity index (χ3v) is 5.05. The molecule has 0 radical (unpaired) electrons. The van der Waals surface area contributed by atoms with Gasteiger partial charge in [0.05, 0.1) is 6.21 Å². The molecule has 33 heavy (non-hydrogen) atoms. The summed E-state index contributed by atoms with van der Waals surface area (Å²) in [6.45, 7) is 2.40. The van der Waals surface area contributed by atoms with E-state index < -0.39 is 11.8 Å². The van der Waals surface area contributed by atoms with Crippen molar-refractivity contribution in [2.75, 3.05) is 5.32 Å². The number of carbonyl (C=O) groups is 2. The Kier molecular flexibility index (Phi) is 6.75. The van der Waals surface area contributed by atoms with Crippen molar-refractivity contribution in [2.24, 2.45) is 5.10 Å². The van der Waals surface area contributed by atoms with Gasteiger partial charge in [-0.05, 0) is 65.2 Å². The number of hydrogen-bond donors (Lipinski definition) is 2. The molecule has 0 atom stereocenters. The van der Waals surface area contributed by atoms with Crippen LogP contribution in [0.4, 0.5) is 5.69 Å². The second kappa shape index (κ2) is 10.2. The summed E-state index contributed by atoms with van der Waals surface area (Å²) in [6.07, 6.45) is 1.46. The molecule has 0 aliphatic carbocycles. The summed E-state index contributed by atoms with van der Waals surface area (Å²) >= 11 is 0. The normalized spacial score (nSPS) is 10.8. The number of carbonyl (C=O) groups excluding carboxylic acids is 2. The zero-order valence-corrected chi connectivity index (χ0v) is 18.1. The van der Waals surface area contributed by atoms with Crippen molar-refractivity contribution >= 4 is 34.5 Å². The van der Waals surface area contributed by atoms with Crippen LogP contribution in [0.1, 0.15) is 16.7 Å². The summed E-state index contributed by atoms with van der Waals surface area (Å²) in [7, 11) is 0. The lowest BCUT2D eigenvalue weighted by atomic mass is 10.1. The predicted molar refractivity (Wildman–Crippen MR) is 130 cm³/mol. The Morgan fingerprint density at radius 3 is 2.36 bits per heavy atom. The fraction of sp³-hybridized carbons (Fsp3) is 0.0741. The first-order valence-electron chi connectivity index (χ1n) is 10.5. The number of hydrazone groups is 1. The highest BCUT2D eigenvalue weighted by molar-refractivity contribution is 6.39. The minimum Gasteiger partial charge on any atom is -0.489 e. The lowest BCUT2D eigenvalue weighted by Crippen LogP contribution is -2.32. The van der Waals surface area contributed by atoms with E-state index in [0.717, 1.165) is 22.4 Å². The molecule has 2 N–H and O–H groups in total. The number of anilines is 1. The van der Waals surface area contributed by atoms with Gasteiger partial charge in [0.15, 0.2) is 0 Å². The van der Waals surface area contributed by atoms with Crippen molar-refractivity contribution in [1.82, 2.24) is 5.43 Å². The van der Waals surface area contributed by atoms with E-state index >= 15 is 0 Å².